The molecule has 2 N–H and O–H groups in total. The number of rotatable bonds is 6. The molecule has 106 valence electrons. The molecule has 0 unspecified atom stereocenters. The largest absolute Gasteiger partial charge is 0.487 e. The van der Waals surface area contributed by atoms with Crippen LogP contribution in [0, 0.1) is 0 Å². The van der Waals surface area contributed by atoms with E-state index in [0.717, 1.165) is 27.9 Å². The zero-order valence-electron chi connectivity index (χ0n) is 11.3. The maximum absolute atomic E-state index is 5.84. The van der Waals surface area contributed by atoms with Gasteiger partial charge >= 0.3 is 0 Å². The van der Waals surface area contributed by atoms with Crippen molar-refractivity contribution >= 4 is 15.9 Å². The first-order valence-electron chi connectivity index (χ1n) is 6.34. The lowest BCUT2D eigenvalue weighted by Crippen LogP contribution is -2.06. The summed E-state index contributed by atoms with van der Waals surface area (Å²) in [6, 6.07) is 11.5. The molecule has 1 heterocycles. The summed E-state index contributed by atoms with van der Waals surface area (Å²) in [6.07, 6.45) is 0.778. The first kappa shape index (κ1) is 14.8. The molecule has 0 amide bonds. The van der Waals surface area contributed by atoms with Crippen molar-refractivity contribution in [2.45, 2.75) is 13.0 Å². The van der Waals surface area contributed by atoms with Crippen molar-refractivity contribution in [3.63, 3.8) is 0 Å². The quantitative estimate of drug-likeness (QED) is 0.881. The summed E-state index contributed by atoms with van der Waals surface area (Å²) >= 11 is 3.46. The van der Waals surface area contributed by atoms with Crippen molar-refractivity contribution in [2.75, 3.05) is 13.7 Å². The van der Waals surface area contributed by atoms with Crippen LogP contribution in [-0.2, 0) is 13.0 Å². The van der Waals surface area contributed by atoms with Crippen LogP contribution < -0.4 is 15.2 Å². The van der Waals surface area contributed by atoms with Crippen LogP contribution in [0.1, 0.15) is 11.3 Å². The molecule has 0 saturated carbocycles. The molecule has 0 saturated heterocycles. The second kappa shape index (κ2) is 7.26. The number of ether oxygens (including phenoxy) is 2. The monoisotopic (exact) mass is 336 g/mol. The minimum Gasteiger partial charge on any atom is -0.487 e. The predicted octanol–water partition coefficient (Wildman–Crippen LogP) is 2.93. The van der Waals surface area contributed by atoms with Crippen LogP contribution in [0.15, 0.2) is 40.9 Å². The average Bonchev–Trinajstić information content (AvgIpc) is 2.47. The normalized spacial score (nSPS) is 10.3. The lowest BCUT2D eigenvalue weighted by atomic mass is 10.1. The van der Waals surface area contributed by atoms with Gasteiger partial charge in [-0.2, -0.15) is 0 Å². The fourth-order valence-corrected chi connectivity index (χ4v) is 2.25. The summed E-state index contributed by atoms with van der Waals surface area (Å²) in [6.45, 7) is 0.987. The Morgan fingerprint density at radius 3 is 2.85 bits per heavy atom. The lowest BCUT2D eigenvalue weighted by molar-refractivity contribution is 0.295. The molecular weight excluding hydrogens is 320 g/mol. The number of halogens is 1. The highest BCUT2D eigenvalue weighted by molar-refractivity contribution is 9.10. The van der Waals surface area contributed by atoms with E-state index in [1.165, 1.54) is 0 Å². The standard InChI is InChI=1S/C15H17BrN2O2/c1-19-15-4-2-3-13(18-15)10-20-14-6-5-12(16)9-11(14)7-8-17/h2-6,9H,7-8,10,17H2,1H3. The molecule has 2 rings (SSSR count). The zero-order valence-corrected chi connectivity index (χ0v) is 12.9. The number of methoxy groups -OCH3 is 1. The summed E-state index contributed by atoms with van der Waals surface area (Å²) in [4.78, 5) is 4.32. The summed E-state index contributed by atoms with van der Waals surface area (Å²) < 4.78 is 12.0. The molecule has 1 aromatic heterocycles. The van der Waals surface area contributed by atoms with Crippen LogP contribution in [0.5, 0.6) is 11.6 Å². The maximum atomic E-state index is 5.84. The van der Waals surface area contributed by atoms with E-state index in [9.17, 15) is 0 Å². The van der Waals surface area contributed by atoms with E-state index in [1.54, 1.807) is 7.11 Å². The molecule has 0 atom stereocenters. The van der Waals surface area contributed by atoms with Crippen LogP contribution in [0.2, 0.25) is 0 Å². The van der Waals surface area contributed by atoms with Gasteiger partial charge in [0.05, 0.1) is 12.8 Å². The Kier molecular flexibility index (Phi) is 5.38. The number of hydrogen-bond acceptors (Lipinski definition) is 4. The minimum atomic E-state index is 0.399. The molecular formula is C15H17BrN2O2. The van der Waals surface area contributed by atoms with Gasteiger partial charge in [0.15, 0.2) is 0 Å². The van der Waals surface area contributed by atoms with E-state index in [1.807, 2.05) is 36.4 Å². The third kappa shape index (κ3) is 3.95. The smallest absolute Gasteiger partial charge is 0.213 e. The minimum absolute atomic E-state index is 0.399. The van der Waals surface area contributed by atoms with Gasteiger partial charge in [-0.3, -0.25) is 0 Å². The summed E-state index contributed by atoms with van der Waals surface area (Å²) in [7, 11) is 1.60. The van der Waals surface area contributed by atoms with Crippen molar-refractivity contribution in [2.24, 2.45) is 5.73 Å². The van der Waals surface area contributed by atoms with E-state index in [4.69, 9.17) is 15.2 Å². The number of pyridine rings is 1. The zero-order chi connectivity index (χ0) is 14.4. The van der Waals surface area contributed by atoms with Crippen LogP contribution in [-0.4, -0.2) is 18.6 Å². The average molecular weight is 337 g/mol. The molecule has 5 heteroatoms. The number of aromatic nitrogens is 1. The fourth-order valence-electron chi connectivity index (χ4n) is 1.84. The number of nitrogens with two attached hydrogens (primary N) is 1. The molecule has 0 spiro atoms. The van der Waals surface area contributed by atoms with Gasteiger partial charge in [-0.15, -0.1) is 0 Å². The SMILES string of the molecule is COc1cccc(COc2ccc(Br)cc2CCN)n1. The Labute approximate surface area is 127 Å². The lowest BCUT2D eigenvalue weighted by Gasteiger charge is -2.11. The second-order valence-corrected chi connectivity index (χ2v) is 5.17. The first-order chi connectivity index (χ1) is 9.72. The Balaban J connectivity index is 2.09. The van der Waals surface area contributed by atoms with Crippen LogP contribution in [0.4, 0.5) is 0 Å². The van der Waals surface area contributed by atoms with Crippen molar-refractivity contribution < 1.29 is 9.47 Å². The van der Waals surface area contributed by atoms with Crippen molar-refractivity contribution in [3.05, 3.63) is 52.1 Å². The molecule has 4 nitrogen and oxygen atoms in total. The summed E-state index contributed by atoms with van der Waals surface area (Å²) in [5.41, 5.74) is 7.54. The van der Waals surface area contributed by atoms with Gasteiger partial charge in [-0.25, -0.2) is 4.98 Å². The van der Waals surface area contributed by atoms with Crippen LogP contribution in [0.3, 0.4) is 0 Å². The number of nitrogens with zero attached hydrogens (tertiary/aromatic N) is 1. The molecule has 0 aliphatic heterocycles. The summed E-state index contributed by atoms with van der Waals surface area (Å²) in [5, 5.41) is 0. The third-order valence-corrected chi connectivity index (χ3v) is 3.30. The van der Waals surface area contributed by atoms with E-state index in [0.29, 0.717) is 19.0 Å². The Hall–Kier alpha value is -1.59. The number of hydrogen-bond donors (Lipinski definition) is 1. The molecule has 1 aromatic carbocycles. The van der Waals surface area contributed by atoms with E-state index in [-0.39, 0.29) is 0 Å². The second-order valence-electron chi connectivity index (χ2n) is 4.25. The van der Waals surface area contributed by atoms with Crippen molar-refractivity contribution in [1.82, 2.24) is 4.98 Å². The fraction of sp³-hybridized carbons (Fsp3) is 0.267. The van der Waals surface area contributed by atoms with Gasteiger partial charge in [-0.1, -0.05) is 22.0 Å². The highest BCUT2D eigenvalue weighted by atomic mass is 79.9. The van der Waals surface area contributed by atoms with Gasteiger partial charge in [-0.05, 0) is 42.8 Å². The third-order valence-electron chi connectivity index (χ3n) is 2.80. The highest BCUT2D eigenvalue weighted by Crippen LogP contribution is 2.24. The van der Waals surface area contributed by atoms with Gasteiger partial charge in [0.2, 0.25) is 5.88 Å². The molecule has 20 heavy (non-hydrogen) atoms. The maximum Gasteiger partial charge on any atom is 0.213 e. The molecule has 0 bridgehead atoms. The molecule has 0 aliphatic rings. The molecule has 2 aromatic rings. The van der Waals surface area contributed by atoms with Gasteiger partial charge in [0.25, 0.3) is 0 Å². The molecule has 0 aliphatic carbocycles. The van der Waals surface area contributed by atoms with Gasteiger partial charge in [0.1, 0.15) is 12.4 Å². The van der Waals surface area contributed by atoms with E-state index < -0.39 is 0 Å². The Morgan fingerprint density at radius 1 is 1.25 bits per heavy atom. The van der Waals surface area contributed by atoms with Crippen LogP contribution >= 0.6 is 15.9 Å². The van der Waals surface area contributed by atoms with Gasteiger partial charge < -0.3 is 15.2 Å². The first-order valence-corrected chi connectivity index (χ1v) is 7.13. The molecule has 0 fully saturated rings. The topological polar surface area (TPSA) is 57.4 Å². The Bertz CT molecular complexity index is 576. The van der Waals surface area contributed by atoms with Crippen molar-refractivity contribution in [1.29, 1.82) is 0 Å². The highest BCUT2D eigenvalue weighted by Gasteiger charge is 2.05. The van der Waals surface area contributed by atoms with Gasteiger partial charge in [0, 0.05) is 10.5 Å². The van der Waals surface area contributed by atoms with Crippen molar-refractivity contribution in [3.8, 4) is 11.6 Å². The number of benzene rings is 1. The predicted molar refractivity (Wildman–Crippen MR) is 82.0 cm³/mol. The molecule has 0 radical (unpaired) electrons. The van der Waals surface area contributed by atoms with E-state index in [2.05, 4.69) is 20.9 Å². The van der Waals surface area contributed by atoms with E-state index >= 15 is 0 Å². The Morgan fingerprint density at radius 2 is 2.10 bits per heavy atom. The van der Waals surface area contributed by atoms with Crippen LogP contribution in [0.25, 0.3) is 0 Å². The summed E-state index contributed by atoms with van der Waals surface area (Å²) in [5.74, 6) is 1.42.